The molecule has 3 aliphatic rings. The minimum absolute atomic E-state index is 0.0159. The molecule has 3 heteroatoms. The quantitative estimate of drug-likeness (QED) is 0.888. The molecule has 0 saturated heterocycles. The summed E-state index contributed by atoms with van der Waals surface area (Å²) in [6.07, 6.45) is 4.06. The Balaban J connectivity index is 1.49. The van der Waals surface area contributed by atoms with Crippen molar-refractivity contribution in [2.45, 2.75) is 32.8 Å². The van der Waals surface area contributed by atoms with Crippen LogP contribution in [0.3, 0.4) is 0 Å². The number of anilines is 1. The second-order valence-electron chi connectivity index (χ2n) is 6.81. The molecule has 0 heterocycles. The molecule has 3 fully saturated rings. The zero-order valence-corrected chi connectivity index (χ0v) is 11.8. The van der Waals surface area contributed by atoms with E-state index in [-0.39, 0.29) is 18.4 Å². The predicted octanol–water partition coefficient (Wildman–Crippen LogP) is 2.72. The summed E-state index contributed by atoms with van der Waals surface area (Å²) >= 11 is 0. The molecule has 1 aromatic carbocycles. The van der Waals surface area contributed by atoms with E-state index in [0.29, 0.717) is 11.8 Å². The lowest BCUT2D eigenvalue weighted by atomic mass is 10.0. The molecule has 0 radical (unpaired) electrons. The maximum absolute atomic E-state index is 12.5. The number of hydrogen-bond donors (Lipinski definition) is 2. The average Bonchev–Trinajstić information content (AvgIpc) is 2.90. The van der Waals surface area contributed by atoms with Gasteiger partial charge in [0.15, 0.2) is 0 Å². The number of aryl methyl sites for hydroxylation is 1. The number of rotatable bonds is 3. The number of carbonyl (C=O) groups is 1. The van der Waals surface area contributed by atoms with Crippen LogP contribution in [-0.4, -0.2) is 11.0 Å². The van der Waals surface area contributed by atoms with E-state index < -0.39 is 0 Å². The highest BCUT2D eigenvalue weighted by Gasteiger charge is 2.67. The number of amides is 1. The molecular formula is C17H21NO2. The van der Waals surface area contributed by atoms with Crippen LogP contribution < -0.4 is 5.32 Å². The summed E-state index contributed by atoms with van der Waals surface area (Å²) in [6.45, 7) is 2.01. The van der Waals surface area contributed by atoms with E-state index in [1.165, 1.54) is 19.3 Å². The number of benzene rings is 1. The Kier molecular flexibility index (Phi) is 2.68. The van der Waals surface area contributed by atoms with Gasteiger partial charge in [0.05, 0.1) is 6.61 Å². The fourth-order valence-electron chi connectivity index (χ4n) is 4.79. The lowest BCUT2D eigenvalue weighted by Crippen LogP contribution is -2.19. The van der Waals surface area contributed by atoms with Crippen molar-refractivity contribution in [3.63, 3.8) is 0 Å². The van der Waals surface area contributed by atoms with E-state index in [2.05, 4.69) is 5.32 Å². The minimum Gasteiger partial charge on any atom is -0.392 e. The minimum atomic E-state index is 0.0159. The molecule has 106 valence electrons. The van der Waals surface area contributed by atoms with Gasteiger partial charge < -0.3 is 10.4 Å². The Morgan fingerprint density at radius 1 is 1.30 bits per heavy atom. The van der Waals surface area contributed by atoms with Crippen LogP contribution in [0.1, 0.15) is 30.4 Å². The molecule has 4 rings (SSSR count). The van der Waals surface area contributed by atoms with Crippen molar-refractivity contribution in [1.82, 2.24) is 0 Å². The first-order valence-corrected chi connectivity index (χ1v) is 7.70. The van der Waals surface area contributed by atoms with Crippen LogP contribution in [0.4, 0.5) is 5.69 Å². The van der Waals surface area contributed by atoms with Gasteiger partial charge in [0.2, 0.25) is 5.91 Å². The van der Waals surface area contributed by atoms with Crippen molar-refractivity contribution in [2.24, 2.45) is 29.6 Å². The zero-order valence-electron chi connectivity index (χ0n) is 11.8. The van der Waals surface area contributed by atoms with Gasteiger partial charge >= 0.3 is 0 Å². The van der Waals surface area contributed by atoms with E-state index in [0.717, 1.165) is 28.7 Å². The maximum atomic E-state index is 12.5. The lowest BCUT2D eigenvalue weighted by molar-refractivity contribution is -0.118. The van der Waals surface area contributed by atoms with E-state index >= 15 is 0 Å². The molecule has 3 aliphatic carbocycles. The van der Waals surface area contributed by atoms with E-state index in [4.69, 9.17) is 0 Å². The van der Waals surface area contributed by atoms with Crippen molar-refractivity contribution >= 4 is 11.6 Å². The number of aliphatic hydroxyl groups excluding tert-OH is 1. The number of hydrogen-bond acceptors (Lipinski definition) is 2. The zero-order chi connectivity index (χ0) is 13.9. The molecule has 1 amide bonds. The highest BCUT2D eigenvalue weighted by molar-refractivity contribution is 5.95. The van der Waals surface area contributed by atoms with Crippen LogP contribution in [-0.2, 0) is 11.4 Å². The average molecular weight is 271 g/mol. The van der Waals surface area contributed by atoms with Gasteiger partial charge in [-0.05, 0) is 67.1 Å². The molecule has 0 aliphatic heterocycles. The summed E-state index contributed by atoms with van der Waals surface area (Å²) in [7, 11) is 0. The predicted molar refractivity (Wildman–Crippen MR) is 77.0 cm³/mol. The smallest absolute Gasteiger partial charge is 0.228 e. The van der Waals surface area contributed by atoms with Gasteiger partial charge in [0.1, 0.15) is 0 Å². The first-order valence-electron chi connectivity index (χ1n) is 7.70. The van der Waals surface area contributed by atoms with Crippen molar-refractivity contribution in [1.29, 1.82) is 0 Å². The first-order chi connectivity index (χ1) is 9.69. The summed E-state index contributed by atoms with van der Waals surface area (Å²) in [5.41, 5.74) is 2.77. The maximum Gasteiger partial charge on any atom is 0.228 e. The van der Waals surface area contributed by atoms with Gasteiger partial charge in [-0.15, -0.1) is 0 Å². The largest absolute Gasteiger partial charge is 0.392 e. The van der Waals surface area contributed by atoms with Crippen LogP contribution in [0.15, 0.2) is 18.2 Å². The Hall–Kier alpha value is -1.35. The molecule has 0 aromatic heterocycles. The molecule has 3 nitrogen and oxygen atoms in total. The highest BCUT2D eigenvalue weighted by Crippen LogP contribution is 2.69. The van der Waals surface area contributed by atoms with Gasteiger partial charge in [-0.2, -0.15) is 0 Å². The summed E-state index contributed by atoms with van der Waals surface area (Å²) in [5.74, 6) is 3.47. The molecule has 4 unspecified atom stereocenters. The number of aliphatic hydroxyl groups is 1. The molecule has 2 N–H and O–H groups in total. The fraction of sp³-hybridized carbons (Fsp3) is 0.588. The second-order valence-corrected chi connectivity index (χ2v) is 6.81. The standard InChI is InChI=1S/C17H21NO2/c1-9-2-3-10(8-19)6-13(9)18-17(20)16-14-11-4-5-12(7-11)15(14)16/h2-3,6,11-12,14-16,19H,4-5,7-8H2,1H3,(H,18,20). The van der Waals surface area contributed by atoms with E-state index in [1.54, 1.807) is 0 Å². The summed E-state index contributed by atoms with van der Waals surface area (Å²) in [4.78, 5) is 12.5. The van der Waals surface area contributed by atoms with Crippen LogP contribution in [0.2, 0.25) is 0 Å². The number of carbonyl (C=O) groups excluding carboxylic acids is 1. The van der Waals surface area contributed by atoms with Crippen LogP contribution in [0.5, 0.6) is 0 Å². The third-order valence-corrected chi connectivity index (χ3v) is 5.78. The molecule has 20 heavy (non-hydrogen) atoms. The molecule has 0 spiro atoms. The van der Waals surface area contributed by atoms with Crippen molar-refractivity contribution in [2.75, 3.05) is 5.32 Å². The van der Waals surface area contributed by atoms with Crippen LogP contribution in [0, 0.1) is 36.5 Å². The Morgan fingerprint density at radius 3 is 2.65 bits per heavy atom. The molecule has 3 saturated carbocycles. The Bertz CT molecular complexity index is 552. The molecule has 4 atom stereocenters. The van der Waals surface area contributed by atoms with Crippen molar-refractivity contribution in [3.8, 4) is 0 Å². The van der Waals surface area contributed by atoms with Gasteiger partial charge in [-0.3, -0.25) is 4.79 Å². The van der Waals surface area contributed by atoms with Gasteiger partial charge in [-0.1, -0.05) is 12.1 Å². The monoisotopic (exact) mass is 271 g/mol. The molecular weight excluding hydrogens is 250 g/mol. The topological polar surface area (TPSA) is 49.3 Å². The van der Waals surface area contributed by atoms with E-state index in [9.17, 15) is 9.90 Å². The fourth-order valence-corrected chi connectivity index (χ4v) is 4.79. The number of fused-ring (bicyclic) bond motifs is 5. The third-order valence-electron chi connectivity index (χ3n) is 5.78. The molecule has 2 bridgehead atoms. The summed E-state index contributed by atoms with van der Waals surface area (Å²) < 4.78 is 0. The Labute approximate surface area is 119 Å². The van der Waals surface area contributed by atoms with Crippen LogP contribution in [0.25, 0.3) is 0 Å². The second kappa shape index (κ2) is 4.32. The SMILES string of the molecule is Cc1ccc(CO)cc1NC(=O)C1C2C3CCC(C3)C12. The lowest BCUT2D eigenvalue weighted by Gasteiger charge is -2.12. The first kappa shape index (κ1) is 12.4. The number of nitrogens with one attached hydrogen (secondary N) is 1. The normalized spacial score (nSPS) is 36.8. The highest BCUT2D eigenvalue weighted by atomic mass is 16.3. The van der Waals surface area contributed by atoms with Crippen molar-refractivity contribution < 1.29 is 9.90 Å². The summed E-state index contributed by atoms with van der Waals surface area (Å²) in [6, 6.07) is 5.75. The van der Waals surface area contributed by atoms with Gasteiger partial charge in [-0.25, -0.2) is 0 Å². The van der Waals surface area contributed by atoms with Crippen LogP contribution >= 0.6 is 0 Å². The molecule has 1 aromatic rings. The van der Waals surface area contributed by atoms with Gasteiger partial charge in [0, 0.05) is 11.6 Å². The van der Waals surface area contributed by atoms with Crippen molar-refractivity contribution in [3.05, 3.63) is 29.3 Å². The van der Waals surface area contributed by atoms with Gasteiger partial charge in [0.25, 0.3) is 0 Å². The third kappa shape index (κ3) is 1.72. The Morgan fingerprint density at radius 2 is 2.00 bits per heavy atom. The van der Waals surface area contributed by atoms with E-state index in [1.807, 2.05) is 25.1 Å². The summed E-state index contributed by atoms with van der Waals surface area (Å²) in [5, 5.41) is 12.3.